The number of para-hydroxylation sites is 1. The molecule has 0 fully saturated rings. The molecule has 0 amide bonds. The van der Waals surface area contributed by atoms with Gasteiger partial charge in [0.25, 0.3) is 0 Å². The van der Waals surface area contributed by atoms with Gasteiger partial charge in [-0.1, -0.05) is 0 Å². The Bertz CT molecular complexity index is 210. The molecule has 1 rings (SSSR count). The van der Waals surface area contributed by atoms with Gasteiger partial charge in [0.15, 0.2) is 0 Å². The van der Waals surface area contributed by atoms with E-state index >= 15 is 0 Å². The molecule has 59 valence electrons. The average molecular weight is 381 g/mol. The molecule has 0 unspecified atom stereocenters. The van der Waals surface area contributed by atoms with Crippen molar-refractivity contribution < 1.29 is 52.8 Å². The molecule has 0 aliphatic heterocycles. The van der Waals surface area contributed by atoms with Crippen molar-refractivity contribution in [1.29, 1.82) is 0 Å². The van der Waals surface area contributed by atoms with Crippen LogP contribution in [-0.4, -0.2) is 0 Å². The molecular formula is C6H4Cl2IOZr. The van der Waals surface area contributed by atoms with E-state index in [1.807, 2.05) is 24.3 Å². The summed E-state index contributed by atoms with van der Waals surface area (Å²) < 4.78 is 6.30. The molecule has 0 aliphatic rings. The molecule has 0 radical (unpaired) electrons. The molecule has 0 aromatic heterocycles. The van der Waals surface area contributed by atoms with Crippen molar-refractivity contribution in [2.45, 2.75) is 0 Å². The average Bonchev–Trinajstić information content (AvgIpc) is 1.89. The summed E-state index contributed by atoms with van der Waals surface area (Å²) in [6.45, 7) is 0. The van der Waals surface area contributed by atoms with E-state index < -0.39 is 0 Å². The van der Waals surface area contributed by atoms with Gasteiger partial charge in [0.2, 0.25) is 0 Å². The summed E-state index contributed by atoms with van der Waals surface area (Å²) >= 11 is 3.34. The van der Waals surface area contributed by atoms with Gasteiger partial charge in [-0.2, -0.15) is 0 Å². The molecule has 0 aliphatic carbocycles. The molecule has 0 N–H and O–H groups in total. The van der Waals surface area contributed by atoms with Gasteiger partial charge in [-0.3, -0.25) is 0 Å². The van der Waals surface area contributed by atoms with Gasteiger partial charge in [0.1, 0.15) is 0 Å². The zero-order chi connectivity index (χ0) is 6.69. The third-order valence-corrected chi connectivity index (χ3v) is 2.38. The SMILES string of the molecule is [Cl-].[Cl-].[Zr+2][O]c1ccccc1I. The van der Waals surface area contributed by atoms with E-state index in [4.69, 9.17) is 2.81 Å². The van der Waals surface area contributed by atoms with Crippen molar-refractivity contribution >= 4 is 22.6 Å². The van der Waals surface area contributed by atoms with Crippen molar-refractivity contribution in [3.8, 4) is 5.75 Å². The second-order valence-corrected chi connectivity index (χ2v) is 3.20. The first kappa shape index (κ1) is 14.7. The Kier molecular flexibility index (Phi) is 10.5. The predicted molar refractivity (Wildman–Crippen MR) is 39.8 cm³/mol. The number of rotatable bonds is 1. The minimum atomic E-state index is 0. The van der Waals surface area contributed by atoms with Crippen LogP contribution < -0.4 is 27.6 Å². The van der Waals surface area contributed by atoms with Crippen LogP contribution in [0.4, 0.5) is 0 Å². The molecule has 11 heavy (non-hydrogen) atoms. The van der Waals surface area contributed by atoms with Gasteiger partial charge in [-0.15, -0.1) is 0 Å². The van der Waals surface area contributed by atoms with Crippen molar-refractivity contribution in [2.24, 2.45) is 0 Å². The van der Waals surface area contributed by atoms with Crippen LogP contribution >= 0.6 is 22.6 Å². The van der Waals surface area contributed by atoms with Crippen LogP contribution in [0.15, 0.2) is 24.3 Å². The van der Waals surface area contributed by atoms with Gasteiger partial charge in [-0.05, 0) is 0 Å². The topological polar surface area (TPSA) is 9.23 Å². The summed E-state index contributed by atoms with van der Waals surface area (Å²) in [4.78, 5) is 0. The van der Waals surface area contributed by atoms with E-state index in [0.717, 1.165) is 30.9 Å². The van der Waals surface area contributed by atoms with Crippen LogP contribution in [0.25, 0.3) is 0 Å². The Hall–Kier alpha value is 1.21. The molecule has 0 spiro atoms. The van der Waals surface area contributed by atoms with E-state index in [0.29, 0.717) is 0 Å². The van der Waals surface area contributed by atoms with E-state index in [1.165, 1.54) is 3.57 Å². The van der Waals surface area contributed by atoms with Crippen LogP contribution in [-0.2, 0) is 25.2 Å². The van der Waals surface area contributed by atoms with Gasteiger partial charge < -0.3 is 24.8 Å². The monoisotopic (exact) mass is 379 g/mol. The molecule has 1 nitrogen and oxygen atoms in total. The first-order valence-electron chi connectivity index (χ1n) is 2.42. The third kappa shape index (κ3) is 4.71. The summed E-state index contributed by atoms with van der Waals surface area (Å²) in [6.07, 6.45) is 0. The molecular weight excluding hydrogens is 377 g/mol. The van der Waals surface area contributed by atoms with Crippen LogP contribution in [0.3, 0.4) is 0 Å². The zero-order valence-corrected chi connectivity index (χ0v) is 11.5. The summed E-state index contributed by atoms with van der Waals surface area (Å²) in [6, 6.07) is 7.97. The second kappa shape index (κ2) is 7.84. The minimum absolute atomic E-state index is 0. The van der Waals surface area contributed by atoms with Crippen LogP contribution in [0.1, 0.15) is 0 Å². The Morgan fingerprint density at radius 1 is 1.18 bits per heavy atom. The van der Waals surface area contributed by atoms with E-state index in [-0.39, 0.29) is 24.8 Å². The molecule has 0 saturated carbocycles. The van der Waals surface area contributed by atoms with E-state index in [1.54, 1.807) is 0 Å². The van der Waals surface area contributed by atoms with Gasteiger partial charge >= 0.3 is 84.1 Å². The standard InChI is InChI=1S/C6H5IO.2ClH.Zr/c7-5-3-1-2-4-6(5)8;;;/h1-4,8H;2*1H;/q;;;+3/p-3. The molecule has 0 atom stereocenters. The fourth-order valence-electron chi connectivity index (χ4n) is 0.528. The maximum atomic E-state index is 5.13. The summed E-state index contributed by atoms with van der Waals surface area (Å²) in [5, 5.41) is 0. The van der Waals surface area contributed by atoms with Crippen molar-refractivity contribution in [3.05, 3.63) is 27.8 Å². The third-order valence-electron chi connectivity index (χ3n) is 0.947. The van der Waals surface area contributed by atoms with E-state index in [9.17, 15) is 0 Å². The Labute approximate surface area is 108 Å². The Balaban J connectivity index is 0. The fourth-order valence-corrected chi connectivity index (χ4v) is 1.97. The normalized spacial score (nSPS) is 7.55. The zero-order valence-electron chi connectivity index (χ0n) is 5.35. The molecule has 5 heteroatoms. The molecule has 0 bridgehead atoms. The predicted octanol–water partition coefficient (Wildman–Crippen LogP) is -3.86. The van der Waals surface area contributed by atoms with Gasteiger partial charge in [0.05, 0.1) is 0 Å². The van der Waals surface area contributed by atoms with Gasteiger partial charge in [-0.25, -0.2) is 0 Å². The fraction of sp³-hybridized carbons (Fsp3) is 0. The maximum absolute atomic E-state index is 5.13. The number of halogens is 3. The van der Waals surface area contributed by atoms with Crippen LogP contribution in [0.2, 0.25) is 0 Å². The second-order valence-electron chi connectivity index (χ2n) is 1.53. The Morgan fingerprint density at radius 2 is 1.73 bits per heavy atom. The van der Waals surface area contributed by atoms with Crippen molar-refractivity contribution in [1.82, 2.24) is 0 Å². The van der Waals surface area contributed by atoms with Crippen LogP contribution in [0, 0.1) is 3.57 Å². The molecule has 1 aromatic rings. The first-order valence-corrected chi connectivity index (χ1v) is 4.51. The number of hydrogen-bond acceptors (Lipinski definition) is 1. The summed E-state index contributed by atoms with van der Waals surface area (Å²) in [7, 11) is 0. The number of hydrogen-bond donors (Lipinski definition) is 0. The van der Waals surface area contributed by atoms with Gasteiger partial charge in [0, 0.05) is 0 Å². The first-order chi connectivity index (χ1) is 4.34. The molecule has 1 aromatic carbocycles. The van der Waals surface area contributed by atoms with Crippen molar-refractivity contribution in [3.63, 3.8) is 0 Å². The van der Waals surface area contributed by atoms with Crippen molar-refractivity contribution in [2.75, 3.05) is 0 Å². The Morgan fingerprint density at radius 3 is 2.09 bits per heavy atom. The summed E-state index contributed by atoms with van der Waals surface area (Å²) in [5.41, 5.74) is 0. The van der Waals surface area contributed by atoms with Crippen LogP contribution in [0.5, 0.6) is 5.75 Å². The quantitative estimate of drug-likeness (QED) is 0.453. The number of benzene rings is 1. The summed E-state index contributed by atoms with van der Waals surface area (Å²) in [5.74, 6) is 0.983. The van der Waals surface area contributed by atoms with E-state index in [2.05, 4.69) is 22.6 Å². The molecule has 0 heterocycles. The molecule has 0 saturated heterocycles.